The number of rotatable bonds is 1. The first kappa shape index (κ1) is 11.3. The largest absolute Gasteiger partial charge is 0.370 e. The van der Waals surface area contributed by atoms with Crippen LogP contribution in [0.3, 0.4) is 0 Å². The van der Waals surface area contributed by atoms with Gasteiger partial charge in [-0.15, -0.1) is 0 Å². The molecular weight excluding hydrogens is 211 g/mol. The molecule has 0 saturated carbocycles. The van der Waals surface area contributed by atoms with Crippen molar-refractivity contribution in [2.24, 2.45) is 5.73 Å². The Labute approximate surface area is 93.5 Å². The number of nitrogens with two attached hydrogens (primary N) is 1. The zero-order valence-electron chi connectivity index (χ0n) is 9.15. The van der Waals surface area contributed by atoms with Gasteiger partial charge in [-0.05, 0) is 19.1 Å². The fourth-order valence-electron chi connectivity index (χ4n) is 1.78. The lowest BCUT2D eigenvalue weighted by Crippen LogP contribution is -2.45. The molecule has 2 aliphatic rings. The van der Waals surface area contributed by atoms with Gasteiger partial charge in [0.05, 0.1) is 12.6 Å². The molecular formula is C11H15FN2O2. The van der Waals surface area contributed by atoms with E-state index in [1.54, 1.807) is 12.2 Å². The van der Waals surface area contributed by atoms with Gasteiger partial charge in [-0.1, -0.05) is 6.08 Å². The first-order valence-corrected chi connectivity index (χ1v) is 5.24. The fourth-order valence-corrected chi connectivity index (χ4v) is 1.78. The lowest BCUT2D eigenvalue weighted by Gasteiger charge is -2.33. The van der Waals surface area contributed by atoms with Crippen molar-refractivity contribution in [3.63, 3.8) is 0 Å². The van der Waals surface area contributed by atoms with Crippen molar-refractivity contribution in [1.29, 1.82) is 0 Å². The van der Waals surface area contributed by atoms with Crippen molar-refractivity contribution in [2.45, 2.75) is 18.6 Å². The van der Waals surface area contributed by atoms with Gasteiger partial charge in [0.25, 0.3) is 5.91 Å². The lowest BCUT2D eigenvalue weighted by atomic mass is 9.92. The molecule has 1 amide bonds. The maximum atomic E-state index is 14.0. The molecule has 88 valence electrons. The highest BCUT2D eigenvalue weighted by Gasteiger charge is 2.33. The Balaban J connectivity index is 2.21. The standard InChI is InChI=1S/C11H15FN2O2/c1-11(12)6-8(2-3-9(11)13)14-4-5-16-7-10(14)15/h2-3,6,9H,4-5,7,13H2,1H3. The summed E-state index contributed by atoms with van der Waals surface area (Å²) in [6.07, 6.45) is 4.67. The topological polar surface area (TPSA) is 55.6 Å². The summed E-state index contributed by atoms with van der Waals surface area (Å²) in [7, 11) is 0. The molecule has 16 heavy (non-hydrogen) atoms. The number of carbonyl (C=O) groups excluding carboxylic acids is 1. The van der Waals surface area contributed by atoms with E-state index < -0.39 is 11.7 Å². The summed E-state index contributed by atoms with van der Waals surface area (Å²) in [4.78, 5) is 13.1. The van der Waals surface area contributed by atoms with E-state index >= 15 is 0 Å². The molecule has 2 rings (SSSR count). The average molecular weight is 226 g/mol. The molecule has 1 fully saturated rings. The summed E-state index contributed by atoms with van der Waals surface area (Å²) in [5, 5.41) is 0. The van der Waals surface area contributed by atoms with Gasteiger partial charge in [0.1, 0.15) is 12.3 Å². The van der Waals surface area contributed by atoms with E-state index in [0.717, 1.165) is 0 Å². The average Bonchev–Trinajstić information content (AvgIpc) is 2.23. The Morgan fingerprint density at radius 3 is 3.06 bits per heavy atom. The number of hydrogen-bond acceptors (Lipinski definition) is 3. The van der Waals surface area contributed by atoms with Crippen LogP contribution in [0.2, 0.25) is 0 Å². The molecule has 1 aliphatic heterocycles. The number of nitrogens with zero attached hydrogens (tertiary/aromatic N) is 1. The van der Waals surface area contributed by atoms with Gasteiger partial charge in [0.2, 0.25) is 0 Å². The maximum Gasteiger partial charge on any atom is 0.253 e. The molecule has 0 spiro atoms. The third-order valence-corrected chi connectivity index (χ3v) is 2.85. The summed E-state index contributed by atoms with van der Waals surface area (Å²) in [5.74, 6) is -0.145. The van der Waals surface area contributed by atoms with Crippen LogP contribution in [0.4, 0.5) is 4.39 Å². The number of morpholine rings is 1. The van der Waals surface area contributed by atoms with Crippen LogP contribution in [0.1, 0.15) is 6.92 Å². The minimum atomic E-state index is -1.61. The number of amides is 1. The summed E-state index contributed by atoms with van der Waals surface area (Å²) < 4.78 is 19.0. The van der Waals surface area contributed by atoms with Gasteiger partial charge in [-0.25, -0.2) is 4.39 Å². The smallest absolute Gasteiger partial charge is 0.253 e. The number of carbonyl (C=O) groups is 1. The van der Waals surface area contributed by atoms with Crippen LogP contribution in [-0.4, -0.2) is 42.3 Å². The zero-order chi connectivity index (χ0) is 11.8. The van der Waals surface area contributed by atoms with Gasteiger partial charge in [0, 0.05) is 12.2 Å². The van der Waals surface area contributed by atoms with Crippen molar-refractivity contribution >= 4 is 5.91 Å². The number of ether oxygens (including phenoxy) is 1. The van der Waals surface area contributed by atoms with E-state index in [2.05, 4.69) is 0 Å². The van der Waals surface area contributed by atoms with E-state index in [9.17, 15) is 9.18 Å². The Kier molecular flexibility index (Phi) is 2.82. The second kappa shape index (κ2) is 3.99. The van der Waals surface area contributed by atoms with Gasteiger partial charge in [0.15, 0.2) is 0 Å². The van der Waals surface area contributed by atoms with E-state index in [-0.39, 0.29) is 12.5 Å². The molecule has 1 aliphatic carbocycles. The quantitative estimate of drug-likeness (QED) is 0.702. The monoisotopic (exact) mass is 226 g/mol. The predicted octanol–water partition coefficient (Wildman–Crippen LogP) is 0.354. The Morgan fingerprint density at radius 1 is 1.69 bits per heavy atom. The van der Waals surface area contributed by atoms with Crippen LogP contribution < -0.4 is 5.73 Å². The zero-order valence-corrected chi connectivity index (χ0v) is 9.15. The summed E-state index contributed by atoms with van der Waals surface area (Å²) in [6, 6.07) is -0.660. The third kappa shape index (κ3) is 2.01. The SMILES string of the molecule is CC1(F)C=C(N2CCOCC2=O)C=CC1N. The highest BCUT2D eigenvalue weighted by atomic mass is 19.1. The van der Waals surface area contributed by atoms with E-state index in [4.69, 9.17) is 10.5 Å². The molecule has 0 bridgehead atoms. The number of halogens is 1. The highest BCUT2D eigenvalue weighted by Crippen LogP contribution is 2.26. The molecule has 1 saturated heterocycles. The molecule has 0 aromatic carbocycles. The normalized spacial score (nSPS) is 35.2. The second-order valence-corrected chi connectivity index (χ2v) is 4.20. The number of allylic oxidation sites excluding steroid dienone is 1. The van der Waals surface area contributed by atoms with E-state index in [1.165, 1.54) is 17.9 Å². The first-order valence-electron chi connectivity index (χ1n) is 5.24. The van der Waals surface area contributed by atoms with Crippen molar-refractivity contribution in [1.82, 2.24) is 4.90 Å². The molecule has 0 aromatic heterocycles. The highest BCUT2D eigenvalue weighted by molar-refractivity contribution is 5.80. The van der Waals surface area contributed by atoms with Crippen molar-refractivity contribution in [2.75, 3.05) is 19.8 Å². The van der Waals surface area contributed by atoms with Crippen LogP contribution in [0.25, 0.3) is 0 Å². The fraction of sp³-hybridized carbons (Fsp3) is 0.545. The van der Waals surface area contributed by atoms with Crippen LogP contribution in [0.15, 0.2) is 23.9 Å². The Morgan fingerprint density at radius 2 is 2.44 bits per heavy atom. The molecule has 5 heteroatoms. The van der Waals surface area contributed by atoms with Crippen molar-refractivity contribution < 1.29 is 13.9 Å². The lowest BCUT2D eigenvalue weighted by molar-refractivity contribution is -0.139. The van der Waals surface area contributed by atoms with Gasteiger partial charge < -0.3 is 15.4 Å². The summed E-state index contributed by atoms with van der Waals surface area (Å²) >= 11 is 0. The Bertz CT molecular complexity index is 363. The third-order valence-electron chi connectivity index (χ3n) is 2.85. The molecule has 0 radical (unpaired) electrons. The van der Waals surface area contributed by atoms with Crippen LogP contribution in [0.5, 0.6) is 0 Å². The van der Waals surface area contributed by atoms with E-state index in [1.807, 2.05) is 0 Å². The number of alkyl halides is 1. The van der Waals surface area contributed by atoms with Crippen LogP contribution in [-0.2, 0) is 9.53 Å². The molecule has 2 unspecified atom stereocenters. The molecule has 2 N–H and O–H groups in total. The maximum absolute atomic E-state index is 14.0. The minimum absolute atomic E-state index is 0.0558. The number of hydrogen-bond donors (Lipinski definition) is 1. The minimum Gasteiger partial charge on any atom is -0.370 e. The predicted molar refractivity (Wildman–Crippen MR) is 57.2 cm³/mol. The summed E-state index contributed by atoms with van der Waals surface area (Å²) in [5.41, 5.74) is 4.57. The Hall–Kier alpha value is -1.20. The first-order chi connectivity index (χ1) is 7.50. The van der Waals surface area contributed by atoms with E-state index in [0.29, 0.717) is 18.8 Å². The van der Waals surface area contributed by atoms with Crippen LogP contribution >= 0.6 is 0 Å². The van der Waals surface area contributed by atoms with Gasteiger partial charge in [-0.2, -0.15) is 0 Å². The van der Waals surface area contributed by atoms with Crippen LogP contribution in [0, 0.1) is 0 Å². The van der Waals surface area contributed by atoms with Gasteiger partial charge >= 0.3 is 0 Å². The summed E-state index contributed by atoms with van der Waals surface area (Å²) in [6.45, 7) is 2.40. The van der Waals surface area contributed by atoms with Crippen molar-refractivity contribution in [3.8, 4) is 0 Å². The molecule has 1 heterocycles. The molecule has 4 nitrogen and oxygen atoms in total. The molecule has 0 aromatic rings. The van der Waals surface area contributed by atoms with Crippen molar-refractivity contribution in [3.05, 3.63) is 23.9 Å². The van der Waals surface area contributed by atoms with Gasteiger partial charge in [-0.3, -0.25) is 4.79 Å². The molecule has 2 atom stereocenters. The second-order valence-electron chi connectivity index (χ2n) is 4.20.